The maximum atomic E-state index is 13.0. The molecule has 2 aliphatic rings. The van der Waals surface area contributed by atoms with Gasteiger partial charge < -0.3 is 25.2 Å². The van der Waals surface area contributed by atoms with E-state index in [1.165, 1.54) is 0 Å². The van der Waals surface area contributed by atoms with Gasteiger partial charge in [0.15, 0.2) is 0 Å². The van der Waals surface area contributed by atoms with E-state index in [0.717, 1.165) is 42.1 Å². The molecule has 37 heavy (non-hydrogen) atoms. The largest absolute Gasteiger partial charge is 0.489 e. The predicted molar refractivity (Wildman–Crippen MR) is 145 cm³/mol. The summed E-state index contributed by atoms with van der Waals surface area (Å²) < 4.78 is 6.15. The summed E-state index contributed by atoms with van der Waals surface area (Å²) in [6.07, 6.45) is 8.17. The van der Waals surface area contributed by atoms with Crippen molar-refractivity contribution in [2.75, 3.05) is 51.3 Å². The Balaban J connectivity index is 1.44. The number of likely N-dealkylation sites (N-methyl/N-ethyl adjacent to an activating group) is 1. The molecule has 1 saturated heterocycles. The molecule has 1 aromatic heterocycles. The lowest BCUT2D eigenvalue weighted by atomic mass is 9.82. The van der Waals surface area contributed by atoms with Gasteiger partial charge in [-0.15, -0.1) is 0 Å². The molecule has 2 aliphatic heterocycles. The first-order chi connectivity index (χ1) is 18.0. The molecule has 2 aromatic rings. The Hall–Kier alpha value is -3.39. The van der Waals surface area contributed by atoms with Crippen molar-refractivity contribution in [1.82, 2.24) is 20.5 Å². The van der Waals surface area contributed by atoms with E-state index >= 15 is 0 Å². The van der Waals surface area contributed by atoms with Crippen molar-refractivity contribution in [2.45, 2.75) is 32.7 Å². The maximum absolute atomic E-state index is 13.0. The number of piperidine rings is 1. The number of carbonyl (C=O) groups excluding carboxylic acids is 2. The van der Waals surface area contributed by atoms with Crippen LogP contribution in [0.4, 0.5) is 5.69 Å². The van der Waals surface area contributed by atoms with E-state index in [0.29, 0.717) is 39.2 Å². The van der Waals surface area contributed by atoms with E-state index in [2.05, 4.69) is 45.8 Å². The van der Waals surface area contributed by atoms with E-state index in [1.54, 1.807) is 0 Å². The molecule has 2 bridgehead atoms. The number of carbonyl (C=O) groups is 2. The highest BCUT2D eigenvalue weighted by molar-refractivity contribution is 5.79. The van der Waals surface area contributed by atoms with Gasteiger partial charge in [-0.1, -0.05) is 18.2 Å². The van der Waals surface area contributed by atoms with Crippen molar-refractivity contribution in [2.24, 2.45) is 11.8 Å². The van der Waals surface area contributed by atoms with Crippen LogP contribution in [0.25, 0.3) is 0 Å². The van der Waals surface area contributed by atoms with Gasteiger partial charge in [-0.25, -0.2) is 0 Å². The van der Waals surface area contributed by atoms with Gasteiger partial charge in [0.05, 0.1) is 6.54 Å². The second kappa shape index (κ2) is 13.2. The van der Waals surface area contributed by atoms with E-state index in [4.69, 9.17) is 4.74 Å². The number of nitrogens with one attached hydrogen (secondary N) is 2. The normalized spacial score (nSPS) is 20.9. The molecule has 0 aliphatic carbocycles. The minimum atomic E-state index is 0.0799. The van der Waals surface area contributed by atoms with Crippen molar-refractivity contribution in [3.63, 3.8) is 0 Å². The number of ether oxygens (including phenoxy) is 1. The van der Waals surface area contributed by atoms with Crippen molar-refractivity contribution >= 4 is 17.5 Å². The van der Waals surface area contributed by atoms with E-state index in [1.807, 2.05) is 48.4 Å². The summed E-state index contributed by atoms with van der Waals surface area (Å²) in [5.74, 6) is 1.35. The molecule has 198 valence electrons. The van der Waals surface area contributed by atoms with Crippen LogP contribution in [0.1, 0.15) is 31.0 Å². The van der Waals surface area contributed by atoms with Gasteiger partial charge in [-0.3, -0.25) is 14.6 Å². The lowest BCUT2D eigenvalue weighted by Gasteiger charge is -2.37. The van der Waals surface area contributed by atoms with Crippen LogP contribution in [0, 0.1) is 11.8 Å². The van der Waals surface area contributed by atoms with Gasteiger partial charge in [-0.2, -0.15) is 0 Å². The first-order valence-electron chi connectivity index (χ1n) is 13.3. The lowest BCUT2D eigenvalue weighted by molar-refractivity contribution is -0.132. The zero-order valence-corrected chi connectivity index (χ0v) is 22.0. The van der Waals surface area contributed by atoms with Crippen LogP contribution >= 0.6 is 0 Å². The molecule has 0 radical (unpaired) electrons. The number of benzene rings is 1. The minimum Gasteiger partial charge on any atom is -0.489 e. The van der Waals surface area contributed by atoms with Crippen molar-refractivity contribution in [3.05, 3.63) is 66.0 Å². The average molecular weight is 506 g/mol. The van der Waals surface area contributed by atoms with Gasteiger partial charge in [0.25, 0.3) is 0 Å². The number of amides is 2. The topological polar surface area (TPSA) is 86.8 Å². The van der Waals surface area contributed by atoms with Crippen LogP contribution in [0.3, 0.4) is 0 Å². The average Bonchev–Trinajstić information content (AvgIpc) is 2.92. The van der Waals surface area contributed by atoms with Gasteiger partial charge in [0.1, 0.15) is 12.4 Å². The number of hydrogen-bond acceptors (Lipinski definition) is 6. The molecular weight excluding hydrogens is 466 g/mol. The van der Waals surface area contributed by atoms with Gasteiger partial charge in [0.2, 0.25) is 11.8 Å². The zero-order chi connectivity index (χ0) is 26.0. The van der Waals surface area contributed by atoms with E-state index in [-0.39, 0.29) is 30.2 Å². The second-order valence-corrected chi connectivity index (χ2v) is 9.84. The molecule has 1 aromatic carbocycles. The third-order valence-electron chi connectivity index (χ3n) is 7.21. The smallest absolute Gasteiger partial charge is 0.236 e. The third kappa shape index (κ3) is 7.55. The molecule has 1 fully saturated rings. The standard InChI is InChI=1S/C29H39N5O3/c1-3-31-28(35)18-22-11-15-34-21-23(22)7-6-16-37-27-10-9-26(17-24(27)19-30-20-29(34)36)33(2)14-12-25-8-4-5-13-32-25/h4-10,13,17,22-23,30H,3,11-12,14-16,18-21H2,1-2H3,(H,31,35)/b7-6+/t22-,23-/m0/s1. The molecule has 0 unspecified atom stereocenters. The van der Waals surface area contributed by atoms with Crippen LogP contribution in [-0.2, 0) is 22.6 Å². The zero-order valence-electron chi connectivity index (χ0n) is 22.0. The minimum absolute atomic E-state index is 0.0799. The second-order valence-electron chi connectivity index (χ2n) is 9.84. The summed E-state index contributed by atoms with van der Waals surface area (Å²) in [5.41, 5.74) is 3.19. The molecule has 0 saturated carbocycles. The van der Waals surface area contributed by atoms with Gasteiger partial charge in [-0.05, 0) is 55.5 Å². The molecule has 8 heteroatoms. The Morgan fingerprint density at radius 3 is 2.97 bits per heavy atom. The summed E-state index contributed by atoms with van der Waals surface area (Å²) in [6, 6.07) is 12.2. The SMILES string of the molecule is CCNC(=O)C[C@@H]1CCN2C[C@@H]1/C=C/COc1ccc(N(C)CCc3ccccn3)cc1CNCC2=O. The molecule has 2 amide bonds. The van der Waals surface area contributed by atoms with Crippen LogP contribution in [0.15, 0.2) is 54.7 Å². The Morgan fingerprint density at radius 2 is 2.16 bits per heavy atom. The third-order valence-corrected chi connectivity index (χ3v) is 7.21. The maximum Gasteiger partial charge on any atom is 0.236 e. The number of fused-ring (bicyclic) bond motifs is 3. The molecule has 0 spiro atoms. The fraction of sp³-hybridized carbons (Fsp3) is 0.483. The Morgan fingerprint density at radius 1 is 1.27 bits per heavy atom. The first kappa shape index (κ1) is 26.7. The number of anilines is 1. The molecule has 3 heterocycles. The molecule has 2 atom stereocenters. The highest BCUT2D eigenvalue weighted by Crippen LogP contribution is 2.29. The quantitative estimate of drug-likeness (QED) is 0.563. The van der Waals surface area contributed by atoms with Crippen molar-refractivity contribution in [3.8, 4) is 5.75 Å². The number of rotatable bonds is 7. The fourth-order valence-corrected chi connectivity index (χ4v) is 5.06. The molecule has 8 nitrogen and oxygen atoms in total. The first-order valence-corrected chi connectivity index (χ1v) is 13.3. The summed E-state index contributed by atoms with van der Waals surface area (Å²) in [6.45, 7) is 6.01. The molecular formula is C29H39N5O3. The summed E-state index contributed by atoms with van der Waals surface area (Å²) >= 11 is 0. The number of nitrogens with zero attached hydrogens (tertiary/aromatic N) is 3. The number of pyridine rings is 1. The highest BCUT2D eigenvalue weighted by atomic mass is 16.5. The van der Waals surface area contributed by atoms with Gasteiger partial charge >= 0.3 is 0 Å². The molecule has 2 N–H and O–H groups in total. The Kier molecular flexibility index (Phi) is 9.54. The highest BCUT2D eigenvalue weighted by Gasteiger charge is 2.31. The Bertz CT molecular complexity index is 1070. The Labute approximate surface area is 220 Å². The lowest BCUT2D eigenvalue weighted by Crippen LogP contribution is -2.47. The molecule has 4 rings (SSSR count). The van der Waals surface area contributed by atoms with Crippen LogP contribution in [0.2, 0.25) is 0 Å². The fourth-order valence-electron chi connectivity index (χ4n) is 5.06. The summed E-state index contributed by atoms with van der Waals surface area (Å²) in [7, 11) is 2.08. The van der Waals surface area contributed by atoms with Crippen LogP contribution in [-0.4, -0.2) is 68.1 Å². The van der Waals surface area contributed by atoms with E-state index in [9.17, 15) is 9.59 Å². The summed E-state index contributed by atoms with van der Waals surface area (Å²) in [4.78, 5) is 33.8. The van der Waals surface area contributed by atoms with Crippen LogP contribution in [0.5, 0.6) is 5.75 Å². The number of aromatic nitrogens is 1. The van der Waals surface area contributed by atoms with Crippen molar-refractivity contribution < 1.29 is 14.3 Å². The summed E-state index contributed by atoms with van der Waals surface area (Å²) in [5, 5.41) is 6.24. The van der Waals surface area contributed by atoms with Gasteiger partial charge in [0, 0.05) is 75.8 Å². The predicted octanol–water partition coefficient (Wildman–Crippen LogP) is 2.79. The van der Waals surface area contributed by atoms with Crippen molar-refractivity contribution in [1.29, 1.82) is 0 Å². The monoisotopic (exact) mass is 505 g/mol. The number of hydrogen-bond donors (Lipinski definition) is 2. The van der Waals surface area contributed by atoms with E-state index < -0.39 is 0 Å². The van der Waals surface area contributed by atoms with Crippen LogP contribution < -0.4 is 20.3 Å².